The lowest BCUT2D eigenvalue weighted by Crippen LogP contribution is -2.51. The molecule has 140 valence electrons. The molecule has 1 aliphatic carbocycles. The van der Waals surface area contributed by atoms with Gasteiger partial charge in [0.1, 0.15) is 29.3 Å². The summed E-state index contributed by atoms with van der Waals surface area (Å²) in [5, 5.41) is 9.38. The summed E-state index contributed by atoms with van der Waals surface area (Å²) in [6.07, 6.45) is 3.84. The number of fused-ring (bicyclic) bond motifs is 1. The molecule has 0 saturated carbocycles. The van der Waals surface area contributed by atoms with Crippen molar-refractivity contribution in [2.45, 2.75) is 43.9 Å². The number of hydrogen-bond acceptors (Lipinski definition) is 4. The molecule has 1 heterocycles. The SMILES string of the molecule is N#Cc1c(F)cccc1O[C@H]1c2ccccc2CC[C@@H]1N1CCC[C@H](N)C1. The molecule has 0 radical (unpaired) electrons. The minimum Gasteiger partial charge on any atom is -0.483 e. The van der Waals surface area contributed by atoms with Gasteiger partial charge in [-0.05, 0) is 55.5 Å². The van der Waals surface area contributed by atoms with Crippen LogP contribution in [-0.2, 0) is 6.42 Å². The number of rotatable bonds is 3. The quantitative estimate of drug-likeness (QED) is 0.903. The van der Waals surface area contributed by atoms with Gasteiger partial charge < -0.3 is 10.5 Å². The maximum Gasteiger partial charge on any atom is 0.144 e. The molecule has 3 atom stereocenters. The minimum atomic E-state index is -0.546. The molecule has 0 spiro atoms. The lowest BCUT2D eigenvalue weighted by atomic mass is 9.84. The standard InChI is InChI=1S/C22H24FN3O/c23-19-8-3-9-21(18(19)13-24)27-22-17-7-2-1-5-15(17)10-11-20(22)26-12-4-6-16(25)14-26/h1-3,5,7-9,16,20,22H,4,6,10-12,14,25H2/t16-,20-,22-/m0/s1. The zero-order chi connectivity index (χ0) is 18.8. The van der Waals surface area contributed by atoms with Crippen LogP contribution < -0.4 is 10.5 Å². The fourth-order valence-electron chi connectivity index (χ4n) is 4.41. The second-order valence-electron chi connectivity index (χ2n) is 7.47. The van der Waals surface area contributed by atoms with Gasteiger partial charge >= 0.3 is 0 Å². The first-order valence-corrected chi connectivity index (χ1v) is 9.60. The lowest BCUT2D eigenvalue weighted by molar-refractivity contribution is 0.0364. The van der Waals surface area contributed by atoms with E-state index in [2.05, 4.69) is 17.0 Å². The van der Waals surface area contributed by atoms with Gasteiger partial charge in [-0.25, -0.2) is 4.39 Å². The van der Waals surface area contributed by atoms with E-state index in [0.29, 0.717) is 5.75 Å². The first kappa shape index (κ1) is 18.0. The van der Waals surface area contributed by atoms with Crippen LogP contribution in [0.1, 0.15) is 42.1 Å². The summed E-state index contributed by atoms with van der Waals surface area (Å²) in [5.41, 5.74) is 8.57. The summed E-state index contributed by atoms with van der Waals surface area (Å²) in [6, 6.07) is 15.1. The molecule has 4 rings (SSSR count). The molecule has 1 saturated heterocycles. The molecular weight excluding hydrogens is 341 g/mol. The number of halogens is 1. The van der Waals surface area contributed by atoms with Gasteiger partial charge in [-0.15, -0.1) is 0 Å². The maximum absolute atomic E-state index is 14.1. The lowest BCUT2D eigenvalue weighted by Gasteiger charge is -2.43. The van der Waals surface area contributed by atoms with Crippen molar-refractivity contribution < 1.29 is 9.13 Å². The van der Waals surface area contributed by atoms with Crippen LogP contribution in [-0.4, -0.2) is 30.1 Å². The predicted molar refractivity (Wildman–Crippen MR) is 102 cm³/mol. The average Bonchev–Trinajstić information content (AvgIpc) is 2.68. The van der Waals surface area contributed by atoms with Crippen molar-refractivity contribution in [3.8, 4) is 11.8 Å². The number of hydrogen-bond donors (Lipinski definition) is 1. The first-order chi connectivity index (χ1) is 13.2. The van der Waals surface area contributed by atoms with Gasteiger partial charge in [0.25, 0.3) is 0 Å². The third-order valence-corrected chi connectivity index (χ3v) is 5.72. The van der Waals surface area contributed by atoms with Gasteiger partial charge in [0, 0.05) is 12.6 Å². The number of likely N-dealkylation sites (tertiary alicyclic amines) is 1. The Morgan fingerprint density at radius 3 is 2.81 bits per heavy atom. The van der Waals surface area contributed by atoms with Gasteiger partial charge in [-0.3, -0.25) is 4.90 Å². The summed E-state index contributed by atoms with van der Waals surface area (Å²) in [4.78, 5) is 2.42. The van der Waals surface area contributed by atoms with Gasteiger partial charge in [0.15, 0.2) is 0 Å². The second-order valence-corrected chi connectivity index (χ2v) is 7.47. The Morgan fingerprint density at radius 2 is 2.00 bits per heavy atom. The Kier molecular flexibility index (Phi) is 5.11. The molecular formula is C22H24FN3O. The van der Waals surface area contributed by atoms with E-state index in [1.165, 1.54) is 11.6 Å². The first-order valence-electron chi connectivity index (χ1n) is 9.60. The van der Waals surface area contributed by atoms with Crippen LogP contribution in [0.5, 0.6) is 5.75 Å². The summed E-state index contributed by atoms with van der Waals surface area (Å²) < 4.78 is 20.4. The van der Waals surface area contributed by atoms with Crippen LogP contribution in [0.4, 0.5) is 4.39 Å². The van der Waals surface area contributed by atoms with Gasteiger partial charge in [0.05, 0.1) is 6.04 Å². The maximum atomic E-state index is 14.1. The van der Waals surface area contributed by atoms with Crippen molar-refractivity contribution in [1.82, 2.24) is 4.90 Å². The normalized spacial score (nSPS) is 25.4. The summed E-state index contributed by atoms with van der Waals surface area (Å²) in [5.74, 6) is -0.235. The van der Waals surface area contributed by atoms with Crippen molar-refractivity contribution in [1.29, 1.82) is 5.26 Å². The van der Waals surface area contributed by atoms with E-state index in [1.54, 1.807) is 12.1 Å². The monoisotopic (exact) mass is 365 g/mol. The Hall–Kier alpha value is -2.42. The Bertz CT molecular complexity index is 863. The van der Waals surface area contributed by atoms with Crippen LogP contribution in [0.2, 0.25) is 0 Å². The predicted octanol–water partition coefficient (Wildman–Crippen LogP) is 3.56. The highest BCUT2D eigenvalue weighted by Gasteiger charge is 2.37. The van der Waals surface area contributed by atoms with E-state index in [-0.39, 0.29) is 23.8 Å². The van der Waals surface area contributed by atoms with Gasteiger partial charge in [-0.2, -0.15) is 5.26 Å². The highest BCUT2D eigenvalue weighted by Crippen LogP contribution is 2.38. The fraction of sp³-hybridized carbons (Fsp3) is 0.409. The highest BCUT2D eigenvalue weighted by atomic mass is 19.1. The molecule has 0 bridgehead atoms. The van der Waals surface area contributed by atoms with Crippen molar-refractivity contribution >= 4 is 0 Å². The molecule has 4 nitrogen and oxygen atoms in total. The summed E-state index contributed by atoms with van der Waals surface area (Å²) in [6.45, 7) is 1.84. The Balaban J connectivity index is 1.71. The molecule has 1 aliphatic heterocycles. The third-order valence-electron chi connectivity index (χ3n) is 5.72. The number of nitrogens with zero attached hydrogens (tertiary/aromatic N) is 2. The number of aryl methyl sites for hydroxylation is 1. The number of nitriles is 1. The van der Waals surface area contributed by atoms with E-state index >= 15 is 0 Å². The Labute approximate surface area is 159 Å². The molecule has 27 heavy (non-hydrogen) atoms. The zero-order valence-electron chi connectivity index (χ0n) is 15.3. The molecule has 0 unspecified atom stereocenters. The van der Waals surface area contributed by atoms with Crippen LogP contribution >= 0.6 is 0 Å². The molecule has 2 N–H and O–H groups in total. The Morgan fingerprint density at radius 1 is 1.15 bits per heavy atom. The molecule has 5 heteroatoms. The zero-order valence-corrected chi connectivity index (χ0v) is 15.3. The largest absolute Gasteiger partial charge is 0.483 e. The van der Waals surface area contributed by atoms with Crippen LogP contribution in [0.15, 0.2) is 42.5 Å². The number of ether oxygens (including phenoxy) is 1. The van der Waals surface area contributed by atoms with E-state index in [4.69, 9.17) is 10.5 Å². The number of benzene rings is 2. The topological polar surface area (TPSA) is 62.3 Å². The van der Waals surface area contributed by atoms with Crippen molar-refractivity contribution in [2.75, 3.05) is 13.1 Å². The molecule has 1 fully saturated rings. The number of piperidine rings is 1. The van der Waals surface area contributed by atoms with E-state index in [1.807, 2.05) is 18.2 Å². The van der Waals surface area contributed by atoms with E-state index < -0.39 is 5.82 Å². The molecule has 2 aromatic rings. The fourth-order valence-corrected chi connectivity index (χ4v) is 4.41. The summed E-state index contributed by atoms with van der Waals surface area (Å²) in [7, 11) is 0. The molecule has 0 aromatic heterocycles. The molecule has 2 aromatic carbocycles. The smallest absolute Gasteiger partial charge is 0.144 e. The van der Waals surface area contributed by atoms with Crippen LogP contribution in [0.25, 0.3) is 0 Å². The number of nitrogens with two attached hydrogens (primary N) is 1. The van der Waals surface area contributed by atoms with Crippen LogP contribution in [0, 0.1) is 17.1 Å². The van der Waals surface area contributed by atoms with Gasteiger partial charge in [0.2, 0.25) is 0 Å². The van der Waals surface area contributed by atoms with Crippen molar-refractivity contribution in [3.05, 3.63) is 65.0 Å². The van der Waals surface area contributed by atoms with Crippen molar-refractivity contribution in [2.24, 2.45) is 5.73 Å². The van der Waals surface area contributed by atoms with E-state index in [0.717, 1.165) is 44.3 Å². The minimum absolute atomic E-state index is 0.0327. The van der Waals surface area contributed by atoms with Crippen molar-refractivity contribution in [3.63, 3.8) is 0 Å². The van der Waals surface area contributed by atoms with E-state index in [9.17, 15) is 9.65 Å². The summed E-state index contributed by atoms with van der Waals surface area (Å²) >= 11 is 0. The van der Waals surface area contributed by atoms with Crippen LogP contribution in [0.3, 0.4) is 0 Å². The molecule has 0 amide bonds. The third kappa shape index (κ3) is 3.55. The highest BCUT2D eigenvalue weighted by molar-refractivity contribution is 5.45. The average molecular weight is 365 g/mol. The van der Waals surface area contributed by atoms with Gasteiger partial charge in [-0.1, -0.05) is 30.3 Å². The second kappa shape index (κ2) is 7.67. The molecule has 2 aliphatic rings.